The first-order valence-electron chi connectivity index (χ1n) is 11.7. The molecule has 9 heteroatoms. The minimum atomic E-state index is -0.628. The fourth-order valence-corrected chi connectivity index (χ4v) is 5.16. The molecule has 33 heavy (non-hydrogen) atoms. The molecule has 3 aliphatic rings. The average molecular weight is 457 g/mol. The van der Waals surface area contributed by atoms with Gasteiger partial charge in [0.05, 0.1) is 18.6 Å². The number of benzene rings is 1. The summed E-state index contributed by atoms with van der Waals surface area (Å²) in [5, 5.41) is 0. The van der Waals surface area contributed by atoms with Crippen LogP contribution in [0.15, 0.2) is 24.3 Å². The summed E-state index contributed by atoms with van der Waals surface area (Å²) in [6.07, 6.45) is 1.01. The Hall–Kier alpha value is -3.10. The van der Waals surface area contributed by atoms with Crippen LogP contribution in [-0.4, -0.2) is 94.8 Å². The average Bonchev–Trinajstić information content (AvgIpc) is 3.17. The molecule has 0 saturated carbocycles. The highest BCUT2D eigenvalue weighted by Gasteiger charge is 2.47. The van der Waals surface area contributed by atoms with Crippen LogP contribution in [0.25, 0.3) is 0 Å². The maximum absolute atomic E-state index is 13.4. The number of rotatable bonds is 4. The Morgan fingerprint density at radius 1 is 0.939 bits per heavy atom. The maximum atomic E-state index is 13.4. The molecular weight excluding hydrogens is 424 g/mol. The van der Waals surface area contributed by atoms with Crippen molar-refractivity contribution in [1.82, 2.24) is 19.6 Å². The van der Waals surface area contributed by atoms with Gasteiger partial charge in [-0.25, -0.2) is 4.79 Å². The summed E-state index contributed by atoms with van der Waals surface area (Å²) < 4.78 is 5.06. The second-order valence-electron chi connectivity index (χ2n) is 9.02. The molecule has 4 amide bonds. The smallest absolute Gasteiger partial charge is 0.409 e. The second-order valence-corrected chi connectivity index (χ2v) is 9.02. The van der Waals surface area contributed by atoms with Crippen LogP contribution in [0.1, 0.15) is 49.0 Å². The van der Waals surface area contributed by atoms with Gasteiger partial charge < -0.3 is 24.3 Å². The first kappa shape index (κ1) is 23.1. The molecule has 2 saturated heterocycles. The number of piperazine rings is 1. The van der Waals surface area contributed by atoms with Crippen molar-refractivity contribution in [3.63, 3.8) is 0 Å². The van der Waals surface area contributed by atoms with E-state index in [4.69, 9.17) is 4.74 Å². The van der Waals surface area contributed by atoms with E-state index < -0.39 is 5.54 Å². The van der Waals surface area contributed by atoms with Crippen LogP contribution in [0.2, 0.25) is 0 Å². The van der Waals surface area contributed by atoms with Gasteiger partial charge in [-0.3, -0.25) is 14.4 Å². The highest BCUT2D eigenvalue weighted by Crippen LogP contribution is 2.39. The number of likely N-dealkylation sites (tertiary alicyclic amines) is 1. The molecule has 0 spiro atoms. The minimum absolute atomic E-state index is 0.0149. The van der Waals surface area contributed by atoms with Crippen molar-refractivity contribution in [2.45, 2.75) is 45.2 Å². The lowest BCUT2D eigenvalue weighted by Gasteiger charge is -2.48. The molecule has 0 aliphatic carbocycles. The number of amides is 4. The predicted octanol–water partition coefficient (Wildman–Crippen LogP) is 1.71. The van der Waals surface area contributed by atoms with Gasteiger partial charge in [-0.05, 0) is 31.4 Å². The SMILES string of the molecule is CCOC(=O)N1CCN(C(=O)CC2(N3Cc4ccccc4C3=O)CCN(C(C)=O)CC2)CC1. The monoisotopic (exact) mass is 456 g/mol. The molecule has 9 nitrogen and oxygen atoms in total. The molecule has 0 unspecified atom stereocenters. The highest BCUT2D eigenvalue weighted by molar-refractivity contribution is 5.99. The Morgan fingerprint density at radius 3 is 2.18 bits per heavy atom. The van der Waals surface area contributed by atoms with E-state index in [0.29, 0.717) is 70.8 Å². The fourth-order valence-electron chi connectivity index (χ4n) is 5.16. The van der Waals surface area contributed by atoms with Gasteiger partial charge in [0.2, 0.25) is 11.8 Å². The number of ether oxygens (including phenoxy) is 1. The van der Waals surface area contributed by atoms with Crippen molar-refractivity contribution in [2.24, 2.45) is 0 Å². The van der Waals surface area contributed by atoms with Gasteiger partial charge >= 0.3 is 6.09 Å². The number of fused-ring (bicyclic) bond motifs is 1. The molecule has 0 bridgehead atoms. The van der Waals surface area contributed by atoms with Crippen LogP contribution < -0.4 is 0 Å². The zero-order chi connectivity index (χ0) is 23.6. The van der Waals surface area contributed by atoms with Crippen LogP contribution in [0.5, 0.6) is 0 Å². The van der Waals surface area contributed by atoms with Crippen molar-refractivity contribution in [1.29, 1.82) is 0 Å². The molecular formula is C24H32N4O5. The van der Waals surface area contributed by atoms with Gasteiger partial charge in [0, 0.05) is 58.3 Å². The third kappa shape index (κ3) is 4.54. The van der Waals surface area contributed by atoms with E-state index in [1.807, 2.05) is 29.2 Å². The van der Waals surface area contributed by atoms with Crippen molar-refractivity contribution < 1.29 is 23.9 Å². The number of carbonyl (C=O) groups excluding carboxylic acids is 4. The van der Waals surface area contributed by atoms with Gasteiger partial charge in [0.15, 0.2) is 0 Å². The Kier molecular flexibility index (Phi) is 6.58. The quantitative estimate of drug-likeness (QED) is 0.688. The molecule has 3 heterocycles. The lowest BCUT2D eigenvalue weighted by atomic mass is 9.82. The zero-order valence-corrected chi connectivity index (χ0v) is 19.4. The molecule has 1 aromatic carbocycles. The van der Waals surface area contributed by atoms with Crippen LogP contribution in [0.4, 0.5) is 4.79 Å². The molecule has 0 atom stereocenters. The molecule has 2 fully saturated rings. The van der Waals surface area contributed by atoms with E-state index in [0.717, 1.165) is 5.56 Å². The molecule has 3 aliphatic heterocycles. The predicted molar refractivity (Wildman–Crippen MR) is 120 cm³/mol. The van der Waals surface area contributed by atoms with Crippen molar-refractivity contribution >= 4 is 23.8 Å². The second kappa shape index (κ2) is 9.41. The van der Waals surface area contributed by atoms with Gasteiger partial charge in [0.25, 0.3) is 5.91 Å². The molecule has 178 valence electrons. The third-order valence-electron chi connectivity index (χ3n) is 7.17. The highest BCUT2D eigenvalue weighted by atomic mass is 16.6. The van der Waals surface area contributed by atoms with Crippen LogP contribution in [0.3, 0.4) is 0 Å². The summed E-state index contributed by atoms with van der Waals surface area (Å²) in [6, 6.07) is 7.59. The van der Waals surface area contributed by atoms with E-state index in [9.17, 15) is 19.2 Å². The summed E-state index contributed by atoms with van der Waals surface area (Å²) >= 11 is 0. The first-order valence-corrected chi connectivity index (χ1v) is 11.7. The Bertz CT molecular complexity index is 933. The van der Waals surface area contributed by atoms with Gasteiger partial charge in [-0.15, -0.1) is 0 Å². The van der Waals surface area contributed by atoms with Crippen LogP contribution >= 0.6 is 0 Å². The summed E-state index contributed by atoms with van der Waals surface area (Å²) in [5.41, 5.74) is 1.05. The normalized spacial score (nSPS) is 20.0. The standard InChI is InChI=1S/C24H32N4O5/c1-3-33-23(32)27-14-12-26(13-15-27)21(30)16-24(8-10-25(11-9-24)18(2)29)28-17-19-6-4-5-7-20(19)22(28)31/h4-7H,3,8-17H2,1-2H3. The molecule has 4 rings (SSSR count). The Balaban J connectivity index is 1.49. The van der Waals surface area contributed by atoms with E-state index in [-0.39, 0.29) is 30.2 Å². The van der Waals surface area contributed by atoms with E-state index >= 15 is 0 Å². The summed E-state index contributed by atoms with van der Waals surface area (Å²) in [5.74, 6) is -0.0404. The Labute approximate surface area is 194 Å². The lowest BCUT2D eigenvalue weighted by Crippen LogP contribution is -2.59. The Morgan fingerprint density at radius 2 is 1.58 bits per heavy atom. The summed E-state index contributed by atoms with van der Waals surface area (Å²) in [6.45, 7) is 6.95. The number of hydrogen-bond acceptors (Lipinski definition) is 5. The number of hydrogen-bond donors (Lipinski definition) is 0. The topological polar surface area (TPSA) is 90.5 Å². The maximum Gasteiger partial charge on any atom is 0.409 e. The minimum Gasteiger partial charge on any atom is -0.450 e. The van der Waals surface area contributed by atoms with E-state index in [2.05, 4.69) is 0 Å². The first-order chi connectivity index (χ1) is 15.8. The van der Waals surface area contributed by atoms with Crippen LogP contribution in [-0.2, 0) is 20.9 Å². The van der Waals surface area contributed by atoms with Gasteiger partial charge in [-0.2, -0.15) is 0 Å². The molecule has 0 radical (unpaired) electrons. The number of carbonyl (C=O) groups is 4. The third-order valence-corrected chi connectivity index (χ3v) is 7.17. The van der Waals surface area contributed by atoms with Crippen molar-refractivity contribution in [2.75, 3.05) is 45.9 Å². The van der Waals surface area contributed by atoms with Crippen molar-refractivity contribution in [3.8, 4) is 0 Å². The molecule has 0 N–H and O–H groups in total. The van der Waals surface area contributed by atoms with Crippen molar-refractivity contribution in [3.05, 3.63) is 35.4 Å². The molecule has 1 aromatic rings. The van der Waals surface area contributed by atoms with E-state index in [1.165, 1.54) is 0 Å². The lowest BCUT2D eigenvalue weighted by molar-refractivity contribution is -0.138. The van der Waals surface area contributed by atoms with Crippen LogP contribution in [0, 0.1) is 0 Å². The number of piperidine rings is 1. The van der Waals surface area contributed by atoms with Gasteiger partial charge in [-0.1, -0.05) is 18.2 Å². The summed E-state index contributed by atoms with van der Waals surface area (Å²) in [4.78, 5) is 57.6. The number of nitrogens with zero attached hydrogens (tertiary/aromatic N) is 4. The summed E-state index contributed by atoms with van der Waals surface area (Å²) in [7, 11) is 0. The zero-order valence-electron chi connectivity index (χ0n) is 19.4. The van der Waals surface area contributed by atoms with E-state index in [1.54, 1.807) is 28.5 Å². The fraction of sp³-hybridized carbons (Fsp3) is 0.583. The molecule has 0 aromatic heterocycles. The van der Waals surface area contributed by atoms with Gasteiger partial charge in [0.1, 0.15) is 0 Å². The largest absolute Gasteiger partial charge is 0.450 e.